The molecule has 3 heterocycles. The van der Waals surface area contributed by atoms with Crippen molar-refractivity contribution in [2.45, 2.75) is 24.2 Å². The number of fused-ring (bicyclic) bond motifs is 1. The number of rotatable bonds is 4. The van der Waals surface area contributed by atoms with Gasteiger partial charge < -0.3 is 10.2 Å². The summed E-state index contributed by atoms with van der Waals surface area (Å²) in [6, 6.07) is 11.0. The van der Waals surface area contributed by atoms with Crippen molar-refractivity contribution in [2.75, 3.05) is 19.6 Å². The Morgan fingerprint density at radius 2 is 1.96 bits per heavy atom. The van der Waals surface area contributed by atoms with Gasteiger partial charge in [0.25, 0.3) is 10.0 Å². The zero-order chi connectivity index (χ0) is 18.9. The third-order valence-electron chi connectivity index (χ3n) is 5.03. The van der Waals surface area contributed by atoms with Crippen LogP contribution in [0.5, 0.6) is 0 Å². The molecule has 1 aromatic heterocycles. The Morgan fingerprint density at radius 1 is 1.19 bits per heavy atom. The maximum absolute atomic E-state index is 12.4. The van der Waals surface area contributed by atoms with Gasteiger partial charge in [0.05, 0.1) is 0 Å². The van der Waals surface area contributed by atoms with Crippen molar-refractivity contribution in [1.29, 1.82) is 0 Å². The van der Waals surface area contributed by atoms with Crippen molar-refractivity contribution in [2.24, 2.45) is 10.3 Å². The Bertz CT molecular complexity index is 960. The summed E-state index contributed by atoms with van der Waals surface area (Å²) in [4.78, 5) is 15.9. The van der Waals surface area contributed by atoms with E-state index in [-0.39, 0.29) is 16.7 Å². The molecular weight excluding hydrogens is 382 g/mol. The van der Waals surface area contributed by atoms with Crippen LogP contribution >= 0.6 is 11.3 Å². The smallest absolute Gasteiger partial charge is 0.285 e. The number of nitrogens with one attached hydrogen (secondary N) is 1. The van der Waals surface area contributed by atoms with Gasteiger partial charge >= 0.3 is 0 Å². The van der Waals surface area contributed by atoms with Crippen LogP contribution in [-0.4, -0.2) is 44.7 Å². The molecule has 1 amide bonds. The van der Waals surface area contributed by atoms with Crippen molar-refractivity contribution in [3.8, 4) is 0 Å². The topological polar surface area (TPSA) is 78.8 Å². The lowest BCUT2D eigenvalue weighted by Gasteiger charge is -2.32. The second-order valence-corrected chi connectivity index (χ2v) is 9.37. The first-order valence-electron chi connectivity index (χ1n) is 9.04. The molecule has 0 saturated carbocycles. The van der Waals surface area contributed by atoms with Gasteiger partial charge in [0.15, 0.2) is 5.84 Å². The van der Waals surface area contributed by atoms with E-state index in [0.29, 0.717) is 43.9 Å². The number of likely N-dealkylation sites (tertiary alicyclic amines) is 1. The number of carbonyl (C=O) groups excluding carboxylic acids is 1. The second kappa shape index (κ2) is 7.44. The average Bonchev–Trinajstić information content (AvgIpc) is 3.28. The van der Waals surface area contributed by atoms with Crippen molar-refractivity contribution in [3.05, 3.63) is 52.2 Å². The van der Waals surface area contributed by atoms with Crippen LogP contribution in [0.25, 0.3) is 0 Å². The number of benzene rings is 1. The summed E-state index contributed by atoms with van der Waals surface area (Å²) in [6.07, 6.45) is 2.26. The molecule has 27 heavy (non-hydrogen) atoms. The minimum Gasteiger partial charge on any atom is -0.355 e. The van der Waals surface area contributed by atoms with Crippen molar-refractivity contribution < 1.29 is 13.2 Å². The zero-order valence-electron chi connectivity index (χ0n) is 14.8. The van der Waals surface area contributed by atoms with Crippen LogP contribution in [0.2, 0.25) is 0 Å². The highest BCUT2D eigenvalue weighted by Crippen LogP contribution is 2.29. The molecule has 6 nitrogen and oxygen atoms in total. The summed E-state index contributed by atoms with van der Waals surface area (Å²) in [6.45, 7) is 1.91. The van der Waals surface area contributed by atoms with E-state index < -0.39 is 10.0 Å². The third kappa shape index (κ3) is 3.77. The molecule has 142 valence electrons. The molecule has 0 aliphatic carbocycles. The van der Waals surface area contributed by atoms with Crippen LogP contribution in [0.4, 0.5) is 0 Å². The highest BCUT2D eigenvalue weighted by atomic mass is 32.2. The number of carbonyl (C=O) groups is 1. The number of thiophene rings is 1. The summed E-state index contributed by atoms with van der Waals surface area (Å²) in [5.41, 5.74) is 0.663. The molecule has 1 aromatic carbocycles. The molecule has 1 fully saturated rings. The minimum absolute atomic E-state index is 0.0292. The predicted octanol–water partition coefficient (Wildman–Crippen LogP) is 2.27. The van der Waals surface area contributed by atoms with Crippen LogP contribution in [0.15, 0.2) is 51.1 Å². The molecule has 1 N–H and O–H groups in total. The summed E-state index contributed by atoms with van der Waals surface area (Å²) >= 11 is 1.70. The predicted molar refractivity (Wildman–Crippen MR) is 105 cm³/mol. The lowest BCUT2D eigenvalue weighted by molar-refractivity contribution is -0.126. The van der Waals surface area contributed by atoms with Crippen LogP contribution in [0, 0.1) is 5.92 Å². The molecule has 0 spiro atoms. The fraction of sp³-hybridized carbons (Fsp3) is 0.368. The third-order valence-corrected chi connectivity index (χ3v) is 7.29. The molecular formula is C19H21N3O3S2. The van der Waals surface area contributed by atoms with E-state index in [9.17, 15) is 13.2 Å². The largest absolute Gasteiger partial charge is 0.355 e. The van der Waals surface area contributed by atoms with E-state index in [0.717, 1.165) is 6.42 Å². The Labute approximate surface area is 163 Å². The molecule has 0 unspecified atom stereocenters. The molecule has 2 aromatic rings. The van der Waals surface area contributed by atoms with Crippen LogP contribution in [-0.2, 0) is 21.2 Å². The number of amidine groups is 1. The normalized spacial score (nSPS) is 18.8. The van der Waals surface area contributed by atoms with E-state index in [1.807, 2.05) is 22.4 Å². The van der Waals surface area contributed by atoms with Crippen LogP contribution in [0.1, 0.15) is 23.3 Å². The fourth-order valence-electron chi connectivity index (χ4n) is 3.58. The zero-order valence-corrected chi connectivity index (χ0v) is 16.4. The van der Waals surface area contributed by atoms with Gasteiger partial charge in [-0.15, -0.1) is 15.7 Å². The van der Waals surface area contributed by atoms with Gasteiger partial charge in [-0.3, -0.25) is 4.79 Å². The van der Waals surface area contributed by atoms with Gasteiger partial charge in [0.1, 0.15) is 4.90 Å². The molecule has 0 radical (unpaired) electrons. The Kier molecular flexibility index (Phi) is 5.01. The SMILES string of the molecule is O=C(NCCc1cccs1)C1CCN(C2=NS(=O)(=O)c3ccccc32)CC1. The second-order valence-electron chi connectivity index (χ2n) is 6.77. The number of hydrogen-bond acceptors (Lipinski definition) is 5. The Morgan fingerprint density at radius 3 is 2.70 bits per heavy atom. The summed E-state index contributed by atoms with van der Waals surface area (Å²) in [7, 11) is -3.60. The van der Waals surface area contributed by atoms with Gasteiger partial charge in [-0.05, 0) is 42.8 Å². The van der Waals surface area contributed by atoms with Gasteiger partial charge in [0.2, 0.25) is 5.91 Å². The number of piperidine rings is 1. The first-order valence-corrected chi connectivity index (χ1v) is 11.4. The van der Waals surface area contributed by atoms with E-state index in [1.165, 1.54) is 4.88 Å². The van der Waals surface area contributed by atoms with E-state index in [2.05, 4.69) is 15.8 Å². The molecule has 2 aliphatic heterocycles. The Hall–Kier alpha value is -2.19. The maximum atomic E-state index is 12.4. The summed E-state index contributed by atoms with van der Waals surface area (Å²) in [5.74, 6) is 0.577. The lowest BCUT2D eigenvalue weighted by atomic mass is 9.95. The number of hydrogen-bond donors (Lipinski definition) is 1. The minimum atomic E-state index is -3.60. The maximum Gasteiger partial charge on any atom is 0.285 e. The lowest BCUT2D eigenvalue weighted by Crippen LogP contribution is -2.43. The van der Waals surface area contributed by atoms with E-state index in [4.69, 9.17) is 0 Å². The van der Waals surface area contributed by atoms with Gasteiger partial charge in [-0.2, -0.15) is 8.42 Å². The first kappa shape index (κ1) is 18.2. The monoisotopic (exact) mass is 403 g/mol. The van der Waals surface area contributed by atoms with Gasteiger partial charge in [-0.25, -0.2) is 0 Å². The number of nitrogens with zero attached hydrogens (tertiary/aromatic N) is 2. The standard InChI is InChI=1S/C19H21N3O3S2/c23-19(20-10-7-15-4-3-13-26-15)14-8-11-22(12-9-14)18-16-5-1-2-6-17(16)27(24,25)21-18/h1-6,13-14H,7-12H2,(H,20,23). The van der Waals surface area contributed by atoms with Gasteiger partial charge in [-0.1, -0.05) is 18.2 Å². The highest BCUT2D eigenvalue weighted by Gasteiger charge is 2.34. The summed E-state index contributed by atoms with van der Waals surface area (Å²) < 4.78 is 28.4. The van der Waals surface area contributed by atoms with Crippen LogP contribution < -0.4 is 5.32 Å². The number of amides is 1. The first-order chi connectivity index (χ1) is 13.0. The average molecular weight is 404 g/mol. The fourth-order valence-corrected chi connectivity index (χ4v) is 5.51. The molecule has 4 rings (SSSR count). The highest BCUT2D eigenvalue weighted by molar-refractivity contribution is 7.90. The van der Waals surface area contributed by atoms with Crippen molar-refractivity contribution >= 4 is 33.1 Å². The molecule has 2 aliphatic rings. The molecule has 8 heteroatoms. The Balaban J connectivity index is 1.33. The molecule has 0 atom stereocenters. The quantitative estimate of drug-likeness (QED) is 0.849. The van der Waals surface area contributed by atoms with E-state index in [1.54, 1.807) is 29.5 Å². The van der Waals surface area contributed by atoms with Gasteiger partial charge in [0, 0.05) is 36.0 Å². The van der Waals surface area contributed by atoms with Crippen molar-refractivity contribution in [1.82, 2.24) is 10.2 Å². The summed E-state index contributed by atoms with van der Waals surface area (Å²) in [5, 5.41) is 5.07. The van der Waals surface area contributed by atoms with Crippen LogP contribution in [0.3, 0.4) is 0 Å². The molecule has 1 saturated heterocycles. The molecule has 0 bridgehead atoms. The van der Waals surface area contributed by atoms with E-state index >= 15 is 0 Å². The number of sulfonamides is 1. The van der Waals surface area contributed by atoms with Crippen molar-refractivity contribution in [3.63, 3.8) is 0 Å².